The maximum Gasteiger partial charge on any atom is 0.320 e. The molecule has 2 unspecified atom stereocenters. The van der Waals surface area contributed by atoms with Crippen molar-refractivity contribution < 1.29 is 9.90 Å². The number of hydrogen-bond donors (Lipinski definition) is 1. The fourth-order valence-electron chi connectivity index (χ4n) is 3.12. The van der Waals surface area contributed by atoms with Gasteiger partial charge in [-0.3, -0.25) is 9.69 Å². The van der Waals surface area contributed by atoms with Crippen molar-refractivity contribution in [1.82, 2.24) is 4.90 Å². The predicted octanol–water partition coefficient (Wildman–Crippen LogP) is 4.23. The molecule has 0 aliphatic carbocycles. The van der Waals surface area contributed by atoms with Crippen molar-refractivity contribution >= 4 is 21.9 Å². The summed E-state index contributed by atoms with van der Waals surface area (Å²) in [5.74, 6) is -0.678. The highest BCUT2D eigenvalue weighted by molar-refractivity contribution is 9.10. The van der Waals surface area contributed by atoms with E-state index in [2.05, 4.69) is 39.9 Å². The first kappa shape index (κ1) is 15.5. The summed E-state index contributed by atoms with van der Waals surface area (Å²) in [5.41, 5.74) is 1.21. The molecule has 1 heterocycles. The van der Waals surface area contributed by atoms with Crippen LogP contribution >= 0.6 is 15.9 Å². The van der Waals surface area contributed by atoms with E-state index in [1.54, 1.807) is 0 Å². The van der Waals surface area contributed by atoms with Crippen LogP contribution in [0.1, 0.15) is 50.6 Å². The summed E-state index contributed by atoms with van der Waals surface area (Å²) in [6.45, 7) is 3.02. The highest BCUT2D eigenvalue weighted by atomic mass is 79.9. The number of nitrogens with zero attached hydrogens (tertiary/aromatic N) is 1. The average Bonchev–Trinajstić information content (AvgIpc) is 2.68. The van der Waals surface area contributed by atoms with Crippen molar-refractivity contribution in [1.29, 1.82) is 0 Å². The Hall–Kier alpha value is -0.870. The Morgan fingerprint density at radius 1 is 1.35 bits per heavy atom. The predicted molar refractivity (Wildman–Crippen MR) is 83.8 cm³/mol. The van der Waals surface area contributed by atoms with Crippen molar-refractivity contribution in [2.24, 2.45) is 0 Å². The molecule has 4 heteroatoms. The molecule has 1 fully saturated rings. The molecule has 1 aromatic rings. The number of likely N-dealkylation sites (tertiary alicyclic amines) is 1. The lowest BCUT2D eigenvalue weighted by Crippen LogP contribution is -2.42. The molecule has 0 bridgehead atoms. The summed E-state index contributed by atoms with van der Waals surface area (Å²) in [7, 11) is 0. The van der Waals surface area contributed by atoms with Crippen molar-refractivity contribution in [3.63, 3.8) is 0 Å². The van der Waals surface area contributed by atoms with E-state index in [1.165, 1.54) is 5.56 Å². The van der Waals surface area contributed by atoms with E-state index < -0.39 is 5.97 Å². The Balaban J connectivity index is 2.26. The molecule has 1 aliphatic rings. The summed E-state index contributed by atoms with van der Waals surface area (Å²) in [6, 6.07) is 8.12. The van der Waals surface area contributed by atoms with E-state index >= 15 is 0 Å². The molecule has 0 saturated carbocycles. The fraction of sp³-hybridized carbons (Fsp3) is 0.562. The van der Waals surface area contributed by atoms with E-state index in [-0.39, 0.29) is 12.1 Å². The molecule has 1 saturated heterocycles. The van der Waals surface area contributed by atoms with Crippen LogP contribution in [0.15, 0.2) is 28.7 Å². The SMILES string of the molecule is CCC(c1ccc(Br)cc1)N1CCCCCC1C(=O)O. The van der Waals surface area contributed by atoms with E-state index in [0.29, 0.717) is 0 Å². The number of benzene rings is 1. The third kappa shape index (κ3) is 3.61. The Morgan fingerprint density at radius 2 is 2.05 bits per heavy atom. The zero-order valence-electron chi connectivity index (χ0n) is 11.9. The normalized spacial score (nSPS) is 22.2. The zero-order valence-corrected chi connectivity index (χ0v) is 13.5. The van der Waals surface area contributed by atoms with Gasteiger partial charge in [0, 0.05) is 10.5 Å². The number of hydrogen-bond acceptors (Lipinski definition) is 2. The Bertz CT molecular complexity index is 446. The van der Waals surface area contributed by atoms with Crippen LogP contribution in [0, 0.1) is 0 Å². The minimum Gasteiger partial charge on any atom is -0.480 e. The standard InChI is InChI=1S/C16H22BrNO2/c1-2-14(12-7-9-13(17)10-8-12)18-11-5-3-4-6-15(18)16(19)20/h7-10,14-15H,2-6,11H2,1H3,(H,19,20). The Labute approximate surface area is 129 Å². The molecular formula is C16H22BrNO2. The van der Waals surface area contributed by atoms with Crippen LogP contribution in [0.3, 0.4) is 0 Å². The zero-order chi connectivity index (χ0) is 14.5. The molecule has 0 amide bonds. The number of carboxylic acids is 1. The molecular weight excluding hydrogens is 318 g/mol. The van der Waals surface area contributed by atoms with Gasteiger partial charge >= 0.3 is 5.97 Å². The molecule has 1 aliphatic heterocycles. The van der Waals surface area contributed by atoms with Crippen molar-refractivity contribution in [2.75, 3.05) is 6.54 Å². The van der Waals surface area contributed by atoms with E-state index in [0.717, 1.165) is 43.1 Å². The highest BCUT2D eigenvalue weighted by Gasteiger charge is 2.32. The quantitative estimate of drug-likeness (QED) is 0.892. The lowest BCUT2D eigenvalue weighted by Gasteiger charge is -2.34. The summed E-state index contributed by atoms with van der Waals surface area (Å²) in [4.78, 5) is 13.8. The Morgan fingerprint density at radius 3 is 2.65 bits per heavy atom. The molecule has 110 valence electrons. The number of halogens is 1. The monoisotopic (exact) mass is 339 g/mol. The number of rotatable bonds is 4. The summed E-state index contributed by atoms with van der Waals surface area (Å²) >= 11 is 3.45. The van der Waals surface area contributed by atoms with Crippen LogP contribution < -0.4 is 0 Å². The molecule has 1 aromatic carbocycles. The van der Waals surface area contributed by atoms with Crippen LogP contribution in [0.5, 0.6) is 0 Å². The molecule has 2 rings (SSSR count). The summed E-state index contributed by atoms with van der Waals surface area (Å²) in [5, 5.41) is 9.52. The third-order valence-corrected chi connectivity index (χ3v) is 4.65. The smallest absolute Gasteiger partial charge is 0.320 e. The second-order valence-corrected chi connectivity index (χ2v) is 6.33. The van der Waals surface area contributed by atoms with Gasteiger partial charge in [-0.2, -0.15) is 0 Å². The van der Waals surface area contributed by atoms with Gasteiger partial charge in [0.15, 0.2) is 0 Å². The molecule has 2 atom stereocenters. The number of carboxylic acid groups (broad SMARTS) is 1. The highest BCUT2D eigenvalue weighted by Crippen LogP contribution is 2.31. The van der Waals surface area contributed by atoms with Gasteiger partial charge < -0.3 is 5.11 Å². The van der Waals surface area contributed by atoms with Crippen LogP contribution in [-0.4, -0.2) is 28.6 Å². The largest absolute Gasteiger partial charge is 0.480 e. The topological polar surface area (TPSA) is 40.5 Å². The number of aliphatic carboxylic acids is 1. The molecule has 1 N–H and O–H groups in total. The van der Waals surface area contributed by atoms with Crippen LogP contribution in [0.4, 0.5) is 0 Å². The number of carbonyl (C=O) groups is 1. The maximum absolute atomic E-state index is 11.6. The minimum atomic E-state index is -0.678. The van der Waals surface area contributed by atoms with Gasteiger partial charge in [0.1, 0.15) is 6.04 Å². The van der Waals surface area contributed by atoms with Gasteiger partial charge in [-0.05, 0) is 43.5 Å². The van der Waals surface area contributed by atoms with Crippen LogP contribution in [-0.2, 0) is 4.79 Å². The van der Waals surface area contributed by atoms with Gasteiger partial charge in [-0.1, -0.05) is 47.8 Å². The second kappa shape index (κ2) is 7.23. The first-order chi connectivity index (χ1) is 9.63. The van der Waals surface area contributed by atoms with Gasteiger partial charge in [0.2, 0.25) is 0 Å². The van der Waals surface area contributed by atoms with Crippen molar-refractivity contribution in [3.05, 3.63) is 34.3 Å². The Kier molecular flexibility index (Phi) is 5.61. The van der Waals surface area contributed by atoms with Gasteiger partial charge in [-0.15, -0.1) is 0 Å². The van der Waals surface area contributed by atoms with Gasteiger partial charge in [0.25, 0.3) is 0 Å². The molecule has 3 nitrogen and oxygen atoms in total. The molecule has 20 heavy (non-hydrogen) atoms. The summed E-state index contributed by atoms with van der Waals surface area (Å²) < 4.78 is 1.06. The van der Waals surface area contributed by atoms with E-state index in [4.69, 9.17) is 0 Å². The third-order valence-electron chi connectivity index (χ3n) is 4.12. The van der Waals surface area contributed by atoms with Crippen LogP contribution in [0.25, 0.3) is 0 Å². The fourth-order valence-corrected chi connectivity index (χ4v) is 3.38. The van der Waals surface area contributed by atoms with Crippen molar-refractivity contribution in [2.45, 2.75) is 51.1 Å². The van der Waals surface area contributed by atoms with Gasteiger partial charge in [-0.25, -0.2) is 0 Å². The second-order valence-electron chi connectivity index (χ2n) is 5.42. The summed E-state index contributed by atoms with van der Waals surface area (Å²) in [6.07, 6.45) is 4.95. The lowest BCUT2D eigenvalue weighted by molar-refractivity contribution is -0.144. The average molecular weight is 340 g/mol. The molecule has 0 spiro atoms. The first-order valence-corrected chi connectivity index (χ1v) is 8.16. The molecule has 0 aromatic heterocycles. The first-order valence-electron chi connectivity index (χ1n) is 7.37. The lowest BCUT2D eigenvalue weighted by atomic mass is 10.00. The minimum absolute atomic E-state index is 0.197. The molecule has 0 radical (unpaired) electrons. The van der Waals surface area contributed by atoms with Crippen molar-refractivity contribution in [3.8, 4) is 0 Å². The van der Waals surface area contributed by atoms with E-state index in [1.807, 2.05) is 12.1 Å². The van der Waals surface area contributed by atoms with E-state index in [9.17, 15) is 9.90 Å². The van der Waals surface area contributed by atoms with Crippen LogP contribution in [0.2, 0.25) is 0 Å². The maximum atomic E-state index is 11.6. The van der Waals surface area contributed by atoms with Gasteiger partial charge in [0.05, 0.1) is 0 Å².